The molecule has 1 heterocycles. The van der Waals surface area contributed by atoms with Gasteiger partial charge in [-0.15, -0.1) is 11.3 Å². The lowest BCUT2D eigenvalue weighted by Crippen LogP contribution is -2.04. The molecule has 1 aliphatic carbocycles. The van der Waals surface area contributed by atoms with E-state index in [4.69, 9.17) is 4.74 Å². The zero-order valence-corrected chi connectivity index (χ0v) is 8.91. The van der Waals surface area contributed by atoms with Gasteiger partial charge >= 0.3 is 0 Å². The summed E-state index contributed by atoms with van der Waals surface area (Å²) in [6.45, 7) is 0.917. The zero-order chi connectivity index (χ0) is 9.26. The second-order valence-corrected chi connectivity index (χ2v) is 4.61. The van der Waals surface area contributed by atoms with Gasteiger partial charge < -0.3 is 10.1 Å². The average molecular weight is 197 g/mol. The number of ether oxygens (including phenoxy) is 1. The van der Waals surface area contributed by atoms with Crippen LogP contribution in [-0.4, -0.2) is 14.2 Å². The fourth-order valence-corrected chi connectivity index (χ4v) is 2.77. The quantitative estimate of drug-likeness (QED) is 0.800. The molecule has 1 fully saturated rings. The first-order chi connectivity index (χ1) is 6.35. The second kappa shape index (κ2) is 3.68. The highest BCUT2D eigenvalue weighted by Gasteiger charge is 2.26. The molecule has 3 heteroatoms. The molecule has 0 unspecified atom stereocenters. The molecule has 0 aliphatic heterocycles. The number of rotatable bonds is 4. The van der Waals surface area contributed by atoms with Crippen LogP contribution in [0.3, 0.4) is 0 Å². The van der Waals surface area contributed by atoms with Crippen molar-refractivity contribution in [2.75, 3.05) is 14.2 Å². The molecular weight excluding hydrogens is 182 g/mol. The lowest BCUT2D eigenvalue weighted by molar-refractivity contribution is 0.411. The molecule has 13 heavy (non-hydrogen) atoms. The topological polar surface area (TPSA) is 21.3 Å². The summed E-state index contributed by atoms with van der Waals surface area (Å²) in [4.78, 5) is 2.83. The highest BCUT2D eigenvalue weighted by Crippen LogP contribution is 2.46. The summed E-state index contributed by atoms with van der Waals surface area (Å²) in [6.07, 6.45) is 2.73. The summed E-state index contributed by atoms with van der Waals surface area (Å²) in [7, 11) is 3.72. The van der Waals surface area contributed by atoms with Crippen molar-refractivity contribution >= 4 is 11.3 Å². The zero-order valence-electron chi connectivity index (χ0n) is 8.09. The van der Waals surface area contributed by atoms with Gasteiger partial charge in [0.15, 0.2) is 0 Å². The van der Waals surface area contributed by atoms with Gasteiger partial charge in [-0.3, -0.25) is 0 Å². The minimum Gasteiger partial charge on any atom is -0.496 e. The van der Waals surface area contributed by atoms with Gasteiger partial charge in [-0.1, -0.05) is 0 Å². The number of thiophene rings is 1. The van der Waals surface area contributed by atoms with Crippen LogP contribution in [-0.2, 0) is 6.54 Å². The van der Waals surface area contributed by atoms with Crippen molar-refractivity contribution in [3.05, 3.63) is 15.8 Å². The van der Waals surface area contributed by atoms with Crippen molar-refractivity contribution in [3.8, 4) is 5.75 Å². The summed E-state index contributed by atoms with van der Waals surface area (Å²) < 4.78 is 5.33. The molecule has 1 aromatic heterocycles. The molecule has 0 spiro atoms. The number of hydrogen-bond donors (Lipinski definition) is 1. The molecule has 1 aliphatic rings. The van der Waals surface area contributed by atoms with Crippen molar-refractivity contribution in [3.63, 3.8) is 0 Å². The van der Waals surface area contributed by atoms with Crippen molar-refractivity contribution in [1.29, 1.82) is 0 Å². The Hall–Kier alpha value is -0.540. The first kappa shape index (κ1) is 9.03. The first-order valence-electron chi connectivity index (χ1n) is 4.66. The number of nitrogens with one attached hydrogen (secondary N) is 1. The number of hydrogen-bond acceptors (Lipinski definition) is 3. The van der Waals surface area contributed by atoms with Crippen LogP contribution >= 0.6 is 11.3 Å². The Morgan fingerprint density at radius 1 is 1.62 bits per heavy atom. The average Bonchev–Trinajstić information content (AvgIpc) is 2.90. The molecule has 0 radical (unpaired) electrons. The van der Waals surface area contributed by atoms with Crippen molar-refractivity contribution < 1.29 is 4.74 Å². The first-order valence-corrected chi connectivity index (χ1v) is 5.48. The normalized spacial score (nSPS) is 16.2. The van der Waals surface area contributed by atoms with E-state index in [0.29, 0.717) is 0 Å². The lowest BCUT2D eigenvalue weighted by Gasteiger charge is -1.99. The molecule has 1 N–H and O–H groups in total. The van der Waals surface area contributed by atoms with E-state index in [-0.39, 0.29) is 0 Å². The fourth-order valence-electron chi connectivity index (χ4n) is 1.46. The predicted molar refractivity (Wildman–Crippen MR) is 55.6 cm³/mol. The van der Waals surface area contributed by atoms with Crippen molar-refractivity contribution in [2.45, 2.75) is 25.3 Å². The van der Waals surface area contributed by atoms with Gasteiger partial charge in [0.2, 0.25) is 0 Å². The Labute approximate surface area is 82.9 Å². The maximum absolute atomic E-state index is 5.33. The molecule has 2 nitrogen and oxygen atoms in total. The van der Waals surface area contributed by atoms with Gasteiger partial charge in [-0.05, 0) is 31.9 Å². The van der Waals surface area contributed by atoms with E-state index in [2.05, 4.69) is 11.4 Å². The van der Waals surface area contributed by atoms with E-state index in [1.165, 1.54) is 22.6 Å². The fraction of sp³-hybridized carbons (Fsp3) is 0.600. The third-order valence-corrected chi connectivity index (χ3v) is 3.61. The largest absolute Gasteiger partial charge is 0.496 e. The summed E-state index contributed by atoms with van der Waals surface area (Å²) in [6, 6.07) is 2.20. The summed E-state index contributed by atoms with van der Waals surface area (Å²) in [5.74, 6) is 1.89. The van der Waals surface area contributed by atoms with Crippen molar-refractivity contribution in [1.82, 2.24) is 5.32 Å². The van der Waals surface area contributed by atoms with E-state index in [1.807, 2.05) is 18.4 Å². The summed E-state index contributed by atoms with van der Waals surface area (Å²) in [5, 5.41) is 3.16. The molecule has 0 saturated heterocycles. The highest BCUT2D eigenvalue weighted by molar-refractivity contribution is 7.12. The maximum atomic E-state index is 5.33. The van der Waals surface area contributed by atoms with Crippen molar-refractivity contribution in [2.24, 2.45) is 0 Å². The molecular formula is C10H15NOS. The van der Waals surface area contributed by atoms with Gasteiger partial charge in [0.05, 0.1) is 12.0 Å². The Balaban J connectivity index is 2.20. The van der Waals surface area contributed by atoms with Gasteiger partial charge in [-0.2, -0.15) is 0 Å². The lowest BCUT2D eigenvalue weighted by atomic mass is 10.3. The third-order valence-electron chi connectivity index (χ3n) is 2.33. The smallest absolute Gasteiger partial charge is 0.134 e. The second-order valence-electron chi connectivity index (χ2n) is 3.44. The van der Waals surface area contributed by atoms with E-state index in [9.17, 15) is 0 Å². The van der Waals surface area contributed by atoms with Crippen LogP contribution in [0.1, 0.15) is 28.5 Å². The standard InChI is InChI=1S/C10H15NOS/c1-11-6-10-8(12-2)5-9(13-10)7-3-4-7/h5,7,11H,3-4,6H2,1-2H3. The van der Waals surface area contributed by atoms with Crippen LogP contribution in [0.25, 0.3) is 0 Å². The molecule has 0 bridgehead atoms. The molecule has 0 amide bonds. The van der Waals surface area contributed by atoms with Crippen LogP contribution in [0.4, 0.5) is 0 Å². The van der Waals surface area contributed by atoms with E-state index in [0.717, 1.165) is 18.2 Å². The third kappa shape index (κ3) is 1.86. The highest BCUT2D eigenvalue weighted by atomic mass is 32.1. The van der Waals surface area contributed by atoms with Crippen LogP contribution in [0.5, 0.6) is 5.75 Å². The van der Waals surface area contributed by atoms with E-state index < -0.39 is 0 Å². The van der Waals surface area contributed by atoms with Gasteiger partial charge in [0.1, 0.15) is 5.75 Å². The summed E-state index contributed by atoms with van der Waals surface area (Å²) >= 11 is 1.89. The van der Waals surface area contributed by atoms with Crippen LogP contribution in [0.2, 0.25) is 0 Å². The SMILES string of the molecule is CNCc1sc(C2CC2)cc1OC. The van der Waals surface area contributed by atoms with Gasteiger partial charge in [-0.25, -0.2) is 0 Å². The van der Waals surface area contributed by atoms with Crippen LogP contribution in [0.15, 0.2) is 6.07 Å². The van der Waals surface area contributed by atoms with Crippen LogP contribution in [0, 0.1) is 0 Å². The Kier molecular flexibility index (Phi) is 2.56. The maximum Gasteiger partial charge on any atom is 0.134 e. The Morgan fingerprint density at radius 3 is 2.92 bits per heavy atom. The Bertz CT molecular complexity index is 291. The van der Waals surface area contributed by atoms with E-state index >= 15 is 0 Å². The summed E-state index contributed by atoms with van der Waals surface area (Å²) in [5.41, 5.74) is 0. The van der Waals surface area contributed by atoms with Gasteiger partial charge in [0, 0.05) is 11.4 Å². The molecule has 0 atom stereocenters. The molecule has 2 rings (SSSR count). The number of methoxy groups -OCH3 is 1. The Morgan fingerprint density at radius 2 is 2.38 bits per heavy atom. The van der Waals surface area contributed by atoms with E-state index in [1.54, 1.807) is 7.11 Å². The minimum absolute atomic E-state index is 0.838. The molecule has 72 valence electrons. The molecule has 1 aromatic rings. The predicted octanol–water partition coefficient (Wildman–Crippen LogP) is 2.35. The minimum atomic E-state index is 0.838. The molecule has 1 saturated carbocycles. The monoisotopic (exact) mass is 197 g/mol. The molecule has 0 aromatic carbocycles. The van der Waals surface area contributed by atoms with Gasteiger partial charge in [0.25, 0.3) is 0 Å². The van der Waals surface area contributed by atoms with Crippen LogP contribution < -0.4 is 10.1 Å².